The van der Waals surface area contributed by atoms with Gasteiger partial charge in [0.15, 0.2) is 0 Å². The molecule has 0 aliphatic rings. The van der Waals surface area contributed by atoms with Crippen LogP contribution in [0.2, 0.25) is 0 Å². The summed E-state index contributed by atoms with van der Waals surface area (Å²) in [4.78, 5) is 22.4. The molecule has 16 heavy (non-hydrogen) atoms. The Balaban J connectivity index is 2.47. The fourth-order valence-corrected chi connectivity index (χ4v) is 0.994. The molecule has 0 unspecified atom stereocenters. The number of amides is 2. The van der Waals surface area contributed by atoms with Gasteiger partial charge in [0, 0.05) is 18.5 Å². The number of carbonyl (C=O) groups is 2. The van der Waals surface area contributed by atoms with Crippen molar-refractivity contribution in [3.63, 3.8) is 0 Å². The van der Waals surface area contributed by atoms with Crippen LogP contribution in [0.15, 0.2) is 24.3 Å². The number of nitrogens with one attached hydrogen (secondary N) is 2. The molecular weight excluding hydrogens is 213 g/mol. The number of carbonyl (C=O) groups excluding carboxylic acids is 2. The fourth-order valence-electron chi connectivity index (χ4n) is 0.994. The van der Waals surface area contributed by atoms with Crippen LogP contribution in [0.4, 0.5) is 4.39 Å². The van der Waals surface area contributed by atoms with E-state index in [1.807, 2.05) is 0 Å². The smallest absolute Gasteiger partial charge is 0.269 e. The van der Waals surface area contributed by atoms with Crippen molar-refractivity contribution in [1.82, 2.24) is 10.9 Å². The lowest BCUT2D eigenvalue weighted by Crippen LogP contribution is -2.42. The van der Waals surface area contributed by atoms with Gasteiger partial charge < -0.3 is 5.73 Å². The molecule has 0 aliphatic carbocycles. The monoisotopic (exact) mass is 225 g/mol. The van der Waals surface area contributed by atoms with Gasteiger partial charge in [0.2, 0.25) is 5.91 Å². The highest BCUT2D eigenvalue weighted by Crippen LogP contribution is 2.01. The molecule has 2 amide bonds. The second kappa shape index (κ2) is 5.82. The third-order valence-electron chi connectivity index (χ3n) is 1.79. The molecule has 0 bridgehead atoms. The summed E-state index contributed by atoms with van der Waals surface area (Å²) < 4.78 is 12.5. The number of rotatable bonds is 3. The fraction of sp³-hybridized carbons (Fsp3) is 0.200. The third kappa shape index (κ3) is 3.66. The van der Waals surface area contributed by atoms with Gasteiger partial charge in [0.05, 0.1) is 0 Å². The Morgan fingerprint density at radius 1 is 1.19 bits per heavy atom. The number of nitrogens with two attached hydrogens (primary N) is 1. The molecule has 1 aromatic carbocycles. The highest BCUT2D eigenvalue weighted by molar-refractivity contribution is 5.95. The van der Waals surface area contributed by atoms with Gasteiger partial charge in [-0.1, -0.05) is 0 Å². The topological polar surface area (TPSA) is 84.2 Å². The van der Waals surface area contributed by atoms with Gasteiger partial charge in [0.25, 0.3) is 5.91 Å². The molecule has 1 rings (SSSR count). The van der Waals surface area contributed by atoms with E-state index < -0.39 is 11.7 Å². The molecule has 0 spiro atoms. The maximum absolute atomic E-state index is 12.5. The number of hydrogen-bond donors (Lipinski definition) is 3. The maximum atomic E-state index is 12.5. The zero-order valence-corrected chi connectivity index (χ0v) is 8.50. The van der Waals surface area contributed by atoms with Crippen molar-refractivity contribution < 1.29 is 14.0 Å². The predicted octanol–water partition coefficient (Wildman–Crippen LogP) is -0.0645. The van der Waals surface area contributed by atoms with E-state index in [0.717, 1.165) is 12.1 Å². The van der Waals surface area contributed by atoms with E-state index in [0.29, 0.717) is 0 Å². The number of halogens is 1. The summed E-state index contributed by atoms with van der Waals surface area (Å²) in [7, 11) is 0. The van der Waals surface area contributed by atoms with Crippen LogP contribution in [0.25, 0.3) is 0 Å². The second-order valence-electron chi connectivity index (χ2n) is 3.05. The Morgan fingerprint density at radius 2 is 1.81 bits per heavy atom. The van der Waals surface area contributed by atoms with E-state index in [1.54, 1.807) is 0 Å². The van der Waals surface area contributed by atoms with Crippen molar-refractivity contribution in [3.8, 4) is 0 Å². The van der Waals surface area contributed by atoms with Crippen LogP contribution in [0.1, 0.15) is 16.8 Å². The minimum Gasteiger partial charge on any atom is -0.330 e. The van der Waals surface area contributed by atoms with Crippen molar-refractivity contribution in [2.75, 3.05) is 6.54 Å². The van der Waals surface area contributed by atoms with Crippen molar-refractivity contribution >= 4 is 11.8 Å². The summed E-state index contributed by atoms with van der Waals surface area (Å²) in [5.41, 5.74) is 9.78. The number of hydrogen-bond acceptors (Lipinski definition) is 3. The quantitative estimate of drug-likeness (QED) is 0.630. The first-order valence-corrected chi connectivity index (χ1v) is 4.68. The average molecular weight is 225 g/mol. The van der Waals surface area contributed by atoms with Crippen LogP contribution in [-0.4, -0.2) is 18.4 Å². The number of hydrazine groups is 1. The van der Waals surface area contributed by atoms with E-state index in [4.69, 9.17) is 5.73 Å². The Morgan fingerprint density at radius 3 is 2.38 bits per heavy atom. The zero-order valence-electron chi connectivity index (χ0n) is 8.50. The first kappa shape index (κ1) is 12.1. The first-order chi connectivity index (χ1) is 7.63. The standard InChI is InChI=1S/C10H12FN3O2/c11-8-3-1-7(2-4-8)10(16)14-13-9(15)5-6-12/h1-4H,5-6,12H2,(H,13,15)(H,14,16). The predicted molar refractivity (Wildman–Crippen MR) is 55.7 cm³/mol. The maximum Gasteiger partial charge on any atom is 0.269 e. The molecule has 0 saturated carbocycles. The van der Waals surface area contributed by atoms with Gasteiger partial charge in [-0.25, -0.2) is 4.39 Å². The summed E-state index contributed by atoms with van der Waals surface area (Å²) in [6, 6.07) is 4.97. The lowest BCUT2D eigenvalue weighted by atomic mass is 10.2. The minimum absolute atomic E-state index is 0.129. The van der Waals surface area contributed by atoms with Crippen LogP contribution in [0.5, 0.6) is 0 Å². The van der Waals surface area contributed by atoms with Gasteiger partial charge in [0.1, 0.15) is 5.82 Å². The van der Waals surface area contributed by atoms with E-state index in [9.17, 15) is 14.0 Å². The Kier molecular flexibility index (Phi) is 4.41. The largest absolute Gasteiger partial charge is 0.330 e. The van der Waals surface area contributed by atoms with Gasteiger partial charge >= 0.3 is 0 Å². The van der Waals surface area contributed by atoms with Crippen molar-refractivity contribution in [2.24, 2.45) is 5.73 Å². The molecule has 0 radical (unpaired) electrons. The van der Waals surface area contributed by atoms with Gasteiger partial charge in [-0.05, 0) is 24.3 Å². The van der Waals surface area contributed by atoms with Crippen LogP contribution in [0.3, 0.4) is 0 Å². The van der Waals surface area contributed by atoms with E-state index in [2.05, 4.69) is 10.9 Å². The summed E-state index contributed by atoms with van der Waals surface area (Å²) in [5, 5.41) is 0. The summed E-state index contributed by atoms with van der Waals surface area (Å²) in [6.45, 7) is 0.207. The lowest BCUT2D eigenvalue weighted by molar-refractivity contribution is -0.121. The summed E-state index contributed by atoms with van der Waals surface area (Å²) in [5.74, 6) is -1.31. The van der Waals surface area contributed by atoms with Crippen LogP contribution in [-0.2, 0) is 4.79 Å². The second-order valence-corrected chi connectivity index (χ2v) is 3.05. The molecule has 0 aliphatic heterocycles. The molecule has 6 heteroatoms. The number of benzene rings is 1. The van der Waals surface area contributed by atoms with Crippen LogP contribution in [0, 0.1) is 5.82 Å². The third-order valence-corrected chi connectivity index (χ3v) is 1.79. The van der Waals surface area contributed by atoms with Gasteiger partial charge in [-0.15, -0.1) is 0 Å². The first-order valence-electron chi connectivity index (χ1n) is 4.68. The SMILES string of the molecule is NCCC(=O)NNC(=O)c1ccc(F)cc1. The highest BCUT2D eigenvalue weighted by Gasteiger charge is 2.06. The normalized spacial score (nSPS) is 9.62. The van der Waals surface area contributed by atoms with Crippen LogP contribution >= 0.6 is 0 Å². The van der Waals surface area contributed by atoms with Crippen molar-refractivity contribution in [3.05, 3.63) is 35.6 Å². The van der Waals surface area contributed by atoms with Crippen molar-refractivity contribution in [1.29, 1.82) is 0 Å². The molecule has 0 saturated heterocycles. The molecular formula is C10H12FN3O2. The van der Waals surface area contributed by atoms with Gasteiger partial charge in [-0.2, -0.15) is 0 Å². The van der Waals surface area contributed by atoms with E-state index in [1.165, 1.54) is 12.1 Å². The summed E-state index contributed by atoms with van der Waals surface area (Å²) in [6.07, 6.45) is 0.129. The molecule has 0 aromatic heterocycles. The Labute approximate surface area is 91.8 Å². The Bertz CT molecular complexity index is 378. The van der Waals surface area contributed by atoms with E-state index in [-0.39, 0.29) is 24.4 Å². The van der Waals surface area contributed by atoms with Gasteiger partial charge in [-0.3, -0.25) is 20.4 Å². The zero-order chi connectivity index (χ0) is 12.0. The highest BCUT2D eigenvalue weighted by atomic mass is 19.1. The molecule has 5 nitrogen and oxygen atoms in total. The summed E-state index contributed by atoms with van der Waals surface area (Å²) >= 11 is 0. The Hall–Kier alpha value is -1.95. The molecule has 0 atom stereocenters. The minimum atomic E-state index is -0.509. The lowest BCUT2D eigenvalue weighted by Gasteiger charge is -2.06. The van der Waals surface area contributed by atoms with E-state index >= 15 is 0 Å². The molecule has 4 N–H and O–H groups in total. The molecule has 0 heterocycles. The molecule has 0 fully saturated rings. The average Bonchev–Trinajstić information content (AvgIpc) is 2.27. The van der Waals surface area contributed by atoms with Crippen molar-refractivity contribution in [2.45, 2.75) is 6.42 Å². The molecule has 86 valence electrons. The molecule has 1 aromatic rings. The van der Waals surface area contributed by atoms with Crippen LogP contribution < -0.4 is 16.6 Å².